The molecule has 0 heterocycles. The van der Waals surface area contributed by atoms with Crippen LogP contribution in [0.5, 0.6) is 17.2 Å². The highest BCUT2D eigenvalue weighted by Gasteiger charge is 2.15. The number of ether oxygens (including phenoxy) is 3. The van der Waals surface area contributed by atoms with E-state index in [1.54, 1.807) is 49.4 Å². The van der Waals surface area contributed by atoms with E-state index in [4.69, 9.17) is 25.4 Å². The van der Waals surface area contributed by atoms with Crippen LogP contribution in [0.2, 0.25) is 0 Å². The molecule has 1 amide bonds. The van der Waals surface area contributed by atoms with Gasteiger partial charge in [-0.15, -0.1) is 0 Å². The minimum Gasteiger partial charge on any atom is -0.494 e. The number of amides is 1. The minimum atomic E-state index is -0.0744. The molecule has 3 aromatic carbocycles. The number of carbonyl (C=O) groups is 1. The second-order valence-corrected chi connectivity index (χ2v) is 8.21. The summed E-state index contributed by atoms with van der Waals surface area (Å²) in [6.07, 6.45) is 2.72. The fourth-order valence-corrected chi connectivity index (χ4v) is 3.55. The van der Waals surface area contributed by atoms with Crippen LogP contribution in [0, 0.1) is 5.41 Å². The van der Waals surface area contributed by atoms with Crippen LogP contribution in [0.25, 0.3) is 0 Å². The molecule has 7 heteroatoms. The van der Waals surface area contributed by atoms with Gasteiger partial charge in [-0.05, 0) is 67.3 Å². The summed E-state index contributed by atoms with van der Waals surface area (Å²) in [5.41, 5.74) is 7.77. The average molecular weight is 476 g/mol. The number of nitrogens with two attached hydrogens (primary N) is 1. The molecule has 0 spiro atoms. The number of unbranched alkanes of at least 4 members (excludes halogenated alkanes) is 2. The molecule has 184 valence electrons. The highest BCUT2D eigenvalue weighted by molar-refractivity contribution is 5.95. The number of methoxy groups -OCH3 is 1. The van der Waals surface area contributed by atoms with Crippen LogP contribution >= 0.6 is 0 Å². The Morgan fingerprint density at radius 2 is 1.51 bits per heavy atom. The Hall–Kier alpha value is -4.00. The molecule has 0 atom stereocenters. The summed E-state index contributed by atoms with van der Waals surface area (Å²) in [5, 5.41) is 7.41. The van der Waals surface area contributed by atoms with Gasteiger partial charge in [0.2, 0.25) is 0 Å². The second-order valence-electron chi connectivity index (χ2n) is 8.21. The van der Waals surface area contributed by atoms with E-state index in [1.807, 2.05) is 42.5 Å². The van der Waals surface area contributed by atoms with Gasteiger partial charge in [0.1, 0.15) is 11.6 Å². The van der Waals surface area contributed by atoms with E-state index in [1.165, 1.54) is 0 Å². The van der Waals surface area contributed by atoms with Crippen molar-refractivity contribution >= 4 is 11.7 Å². The van der Waals surface area contributed by atoms with E-state index in [9.17, 15) is 4.79 Å². The smallest absolute Gasteiger partial charge is 0.254 e. The largest absolute Gasteiger partial charge is 0.494 e. The summed E-state index contributed by atoms with van der Waals surface area (Å²) >= 11 is 0. The lowest BCUT2D eigenvalue weighted by atomic mass is 10.1. The fraction of sp³-hybridized carbons (Fsp3) is 0.286. The molecule has 0 saturated carbocycles. The van der Waals surface area contributed by atoms with Crippen LogP contribution in [0.1, 0.15) is 40.7 Å². The van der Waals surface area contributed by atoms with Crippen LogP contribution in [-0.4, -0.2) is 44.0 Å². The predicted molar refractivity (Wildman–Crippen MR) is 138 cm³/mol. The Balaban J connectivity index is 1.40. The van der Waals surface area contributed by atoms with Crippen molar-refractivity contribution in [2.45, 2.75) is 25.8 Å². The molecule has 7 nitrogen and oxygen atoms in total. The third-order valence-corrected chi connectivity index (χ3v) is 5.50. The molecule has 0 unspecified atom stereocenters. The predicted octanol–water partition coefficient (Wildman–Crippen LogP) is 4.88. The summed E-state index contributed by atoms with van der Waals surface area (Å²) in [6.45, 7) is 1.69. The van der Waals surface area contributed by atoms with Gasteiger partial charge in [0.15, 0.2) is 11.5 Å². The number of amidine groups is 1. The first-order chi connectivity index (χ1) is 17.0. The van der Waals surface area contributed by atoms with Crippen molar-refractivity contribution in [3.05, 3.63) is 89.5 Å². The lowest BCUT2D eigenvalue weighted by Crippen LogP contribution is -2.26. The first-order valence-electron chi connectivity index (χ1n) is 11.7. The van der Waals surface area contributed by atoms with E-state index in [-0.39, 0.29) is 11.7 Å². The maximum atomic E-state index is 12.8. The van der Waals surface area contributed by atoms with Gasteiger partial charge in [-0.1, -0.05) is 30.3 Å². The highest BCUT2D eigenvalue weighted by Crippen LogP contribution is 2.29. The Morgan fingerprint density at radius 1 is 0.857 bits per heavy atom. The maximum absolute atomic E-state index is 12.8. The van der Waals surface area contributed by atoms with Crippen molar-refractivity contribution < 1.29 is 19.0 Å². The van der Waals surface area contributed by atoms with Crippen molar-refractivity contribution in [1.29, 1.82) is 5.41 Å². The van der Waals surface area contributed by atoms with Crippen LogP contribution in [0.4, 0.5) is 0 Å². The molecule has 0 radical (unpaired) electrons. The summed E-state index contributed by atoms with van der Waals surface area (Å²) in [6, 6.07) is 22.4. The van der Waals surface area contributed by atoms with Crippen molar-refractivity contribution in [3.63, 3.8) is 0 Å². The summed E-state index contributed by atoms with van der Waals surface area (Å²) < 4.78 is 17.1. The first-order valence-corrected chi connectivity index (χ1v) is 11.7. The molecule has 0 aliphatic rings. The first kappa shape index (κ1) is 25.6. The van der Waals surface area contributed by atoms with Crippen molar-refractivity contribution in [1.82, 2.24) is 4.90 Å². The van der Waals surface area contributed by atoms with Gasteiger partial charge < -0.3 is 24.8 Å². The van der Waals surface area contributed by atoms with Crippen molar-refractivity contribution in [2.75, 3.05) is 27.4 Å². The monoisotopic (exact) mass is 475 g/mol. The normalized spacial score (nSPS) is 10.5. The van der Waals surface area contributed by atoms with E-state index in [0.29, 0.717) is 42.4 Å². The molecule has 3 aromatic rings. The quantitative estimate of drug-likeness (QED) is 0.209. The Bertz CT molecular complexity index is 1100. The fourth-order valence-electron chi connectivity index (χ4n) is 3.55. The van der Waals surface area contributed by atoms with Crippen LogP contribution < -0.4 is 19.9 Å². The number of hydrogen-bond donors (Lipinski definition) is 2. The van der Waals surface area contributed by atoms with Crippen LogP contribution in [0.3, 0.4) is 0 Å². The third kappa shape index (κ3) is 7.78. The molecular weight excluding hydrogens is 442 g/mol. The number of rotatable bonds is 13. The summed E-state index contributed by atoms with van der Waals surface area (Å²) in [5.74, 6) is 1.90. The van der Waals surface area contributed by atoms with E-state index in [0.717, 1.165) is 30.6 Å². The third-order valence-electron chi connectivity index (χ3n) is 5.50. The van der Waals surface area contributed by atoms with E-state index >= 15 is 0 Å². The standard InChI is InChI=1S/C28H33N3O4/c1-31(20-21-9-5-3-6-10-21)28(32)23-13-16-25(26(19-23)33-2)35-18-8-4-7-17-34-24-14-11-22(12-15-24)27(29)30/h3,5-6,9-16,19H,4,7-8,17-18,20H2,1-2H3,(H3,29,30). The minimum absolute atomic E-state index is 0.0461. The van der Waals surface area contributed by atoms with Crippen molar-refractivity contribution in [3.8, 4) is 17.2 Å². The number of nitrogens with one attached hydrogen (secondary N) is 1. The molecule has 0 bridgehead atoms. The molecule has 0 aliphatic heterocycles. The summed E-state index contributed by atoms with van der Waals surface area (Å²) in [7, 11) is 3.36. The van der Waals surface area contributed by atoms with E-state index < -0.39 is 0 Å². The highest BCUT2D eigenvalue weighted by atomic mass is 16.5. The molecule has 0 saturated heterocycles. The number of benzene rings is 3. The zero-order valence-electron chi connectivity index (χ0n) is 20.3. The zero-order chi connectivity index (χ0) is 25.0. The van der Waals surface area contributed by atoms with E-state index in [2.05, 4.69) is 0 Å². The second kappa shape index (κ2) is 13.0. The van der Waals surface area contributed by atoms with Crippen molar-refractivity contribution in [2.24, 2.45) is 5.73 Å². The molecule has 3 rings (SSSR count). The molecule has 3 N–H and O–H groups in total. The van der Waals surface area contributed by atoms with Gasteiger partial charge in [-0.3, -0.25) is 10.2 Å². The maximum Gasteiger partial charge on any atom is 0.254 e. The number of carbonyl (C=O) groups excluding carboxylic acids is 1. The Kier molecular flexibility index (Phi) is 9.54. The Labute approximate surface area is 206 Å². The number of nitrogens with zero attached hydrogens (tertiary/aromatic N) is 1. The van der Waals surface area contributed by atoms with Gasteiger partial charge >= 0.3 is 0 Å². The van der Waals surface area contributed by atoms with Gasteiger partial charge in [-0.2, -0.15) is 0 Å². The summed E-state index contributed by atoms with van der Waals surface area (Å²) in [4.78, 5) is 14.5. The molecule has 0 aromatic heterocycles. The van der Waals surface area contributed by atoms with Crippen LogP contribution in [0.15, 0.2) is 72.8 Å². The van der Waals surface area contributed by atoms with Crippen LogP contribution in [-0.2, 0) is 6.54 Å². The molecule has 0 aliphatic carbocycles. The number of hydrogen-bond acceptors (Lipinski definition) is 5. The lowest BCUT2D eigenvalue weighted by Gasteiger charge is -2.18. The molecular formula is C28H33N3O4. The van der Waals surface area contributed by atoms with Gasteiger partial charge in [-0.25, -0.2) is 0 Å². The topological polar surface area (TPSA) is 97.9 Å². The van der Waals surface area contributed by atoms with Gasteiger partial charge in [0.05, 0.1) is 20.3 Å². The Morgan fingerprint density at radius 3 is 2.17 bits per heavy atom. The molecule has 35 heavy (non-hydrogen) atoms. The lowest BCUT2D eigenvalue weighted by molar-refractivity contribution is 0.0784. The average Bonchev–Trinajstić information content (AvgIpc) is 2.88. The zero-order valence-corrected chi connectivity index (χ0v) is 20.3. The number of nitrogen functional groups attached to an aromatic ring is 1. The molecule has 0 fully saturated rings. The van der Waals surface area contributed by atoms with Gasteiger partial charge in [0.25, 0.3) is 5.91 Å². The SMILES string of the molecule is COc1cc(C(=O)N(C)Cc2ccccc2)ccc1OCCCCCOc1ccc(C(=N)N)cc1. The van der Waals surface area contributed by atoms with Gasteiger partial charge in [0, 0.05) is 24.7 Å².